The van der Waals surface area contributed by atoms with Crippen LogP contribution in [0.25, 0.3) is 0 Å². The Balaban J connectivity index is 2.92. The molecule has 0 aromatic carbocycles. The van der Waals surface area contributed by atoms with Crippen LogP contribution in [0.15, 0.2) is 0 Å². The fourth-order valence-electron chi connectivity index (χ4n) is 2.26. The van der Waals surface area contributed by atoms with Gasteiger partial charge in [-0.1, -0.05) is 20.3 Å². The van der Waals surface area contributed by atoms with Crippen molar-refractivity contribution in [3.8, 4) is 0 Å². The van der Waals surface area contributed by atoms with Crippen molar-refractivity contribution >= 4 is 5.78 Å². The molecular weight excluding hydrogens is 192 g/mol. The van der Waals surface area contributed by atoms with Crippen LogP contribution in [0.3, 0.4) is 0 Å². The monoisotopic (exact) mass is 214 g/mol. The van der Waals surface area contributed by atoms with Crippen LogP contribution < -0.4 is 0 Å². The van der Waals surface area contributed by atoms with Crippen LogP contribution in [0, 0.1) is 5.41 Å². The van der Waals surface area contributed by atoms with E-state index in [1.807, 2.05) is 20.8 Å². The number of ether oxygens (including phenoxy) is 2. The maximum Gasteiger partial charge on any atom is 0.180 e. The first-order valence-corrected chi connectivity index (χ1v) is 5.81. The molecule has 3 heteroatoms. The van der Waals surface area contributed by atoms with Crippen molar-refractivity contribution in [2.24, 2.45) is 5.41 Å². The van der Waals surface area contributed by atoms with Crippen molar-refractivity contribution in [3.63, 3.8) is 0 Å². The Hall–Kier alpha value is -0.410. The highest BCUT2D eigenvalue weighted by Gasteiger charge is 2.52. The van der Waals surface area contributed by atoms with Crippen molar-refractivity contribution < 1.29 is 14.3 Å². The summed E-state index contributed by atoms with van der Waals surface area (Å²) >= 11 is 0. The van der Waals surface area contributed by atoms with Gasteiger partial charge in [0.15, 0.2) is 5.79 Å². The lowest BCUT2D eigenvalue weighted by atomic mass is 9.76. The lowest BCUT2D eigenvalue weighted by Gasteiger charge is -2.40. The van der Waals surface area contributed by atoms with Gasteiger partial charge >= 0.3 is 0 Å². The van der Waals surface area contributed by atoms with Crippen molar-refractivity contribution in [2.75, 3.05) is 13.2 Å². The molecular formula is C12H22O3. The highest BCUT2D eigenvalue weighted by atomic mass is 16.7. The summed E-state index contributed by atoms with van der Waals surface area (Å²) in [6, 6.07) is 0. The molecule has 0 spiro atoms. The van der Waals surface area contributed by atoms with Gasteiger partial charge in [-0.25, -0.2) is 0 Å². The molecule has 0 aromatic heterocycles. The van der Waals surface area contributed by atoms with Gasteiger partial charge in [0.1, 0.15) is 5.78 Å². The molecule has 1 fully saturated rings. The fraction of sp³-hybridized carbons (Fsp3) is 0.917. The lowest BCUT2D eigenvalue weighted by molar-refractivity contribution is -0.228. The first-order chi connectivity index (χ1) is 7.00. The molecule has 1 rings (SSSR count). The third kappa shape index (κ3) is 2.08. The summed E-state index contributed by atoms with van der Waals surface area (Å²) in [6.45, 7) is 9.03. The highest BCUT2D eigenvalue weighted by molar-refractivity contribution is 5.84. The van der Waals surface area contributed by atoms with Crippen LogP contribution in [-0.4, -0.2) is 24.8 Å². The smallest absolute Gasteiger partial charge is 0.180 e. The van der Waals surface area contributed by atoms with E-state index in [0.717, 1.165) is 12.8 Å². The van der Waals surface area contributed by atoms with Gasteiger partial charge in [0.25, 0.3) is 0 Å². The molecule has 1 heterocycles. The van der Waals surface area contributed by atoms with Crippen LogP contribution in [0.2, 0.25) is 0 Å². The second kappa shape index (κ2) is 4.62. The quantitative estimate of drug-likeness (QED) is 0.705. The Bertz CT molecular complexity index is 227. The summed E-state index contributed by atoms with van der Waals surface area (Å²) in [5, 5.41) is 0. The molecule has 1 aliphatic heterocycles. The normalized spacial score (nSPS) is 20.5. The molecule has 0 bridgehead atoms. The third-order valence-electron chi connectivity index (χ3n) is 3.30. The van der Waals surface area contributed by atoms with E-state index in [0.29, 0.717) is 19.6 Å². The van der Waals surface area contributed by atoms with E-state index in [4.69, 9.17) is 9.47 Å². The van der Waals surface area contributed by atoms with Crippen LogP contribution in [-0.2, 0) is 14.3 Å². The van der Waals surface area contributed by atoms with Crippen LogP contribution in [0.4, 0.5) is 0 Å². The zero-order chi connectivity index (χ0) is 11.5. The largest absolute Gasteiger partial charge is 0.347 e. The van der Waals surface area contributed by atoms with Gasteiger partial charge in [-0.3, -0.25) is 4.79 Å². The second-order valence-electron chi connectivity index (χ2n) is 4.60. The van der Waals surface area contributed by atoms with Gasteiger partial charge in [-0.15, -0.1) is 0 Å². The molecule has 0 saturated carbocycles. The fourth-order valence-corrected chi connectivity index (χ4v) is 2.26. The maximum absolute atomic E-state index is 11.9. The summed E-state index contributed by atoms with van der Waals surface area (Å²) < 4.78 is 11.5. The molecule has 88 valence electrons. The topological polar surface area (TPSA) is 35.5 Å². The van der Waals surface area contributed by atoms with Crippen molar-refractivity contribution in [2.45, 2.75) is 52.7 Å². The van der Waals surface area contributed by atoms with E-state index >= 15 is 0 Å². The summed E-state index contributed by atoms with van der Waals surface area (Å²) in [5.41, 5.74) is -0.547. The molecule has 0 radical (unpaired) electrons. The number of carbonyl (C=O) groups excluding carboxylic acids is 1. The third-order valence-corrected chi connectivity index (χ3v) is 3.30. The second-order valence-corrected chi connectivity index (χ2v) is 4.60. The molecule has 1 aliphatic rings. The van der Waals surface area contributed by atoms with Crippen LogP contribution in [0.5, 0.6) is 0 Å². The average Bonchev–Trinajstić information content (AvgIpc) is 2.67. The summed E-state index contributed by atoms with van der Waals surface area (Å²) in [7, 11) is 0. The van der Waals surface area contributed by atoms with Gasteiger partial charge in [0.05, 0.1) is 18.6 Å². The summed E-state index contributed by atoms with van der Waals surface area (Å²) in [4.78, 5) is 11.9. The predicted molar refractivity (Wildman–Crippen MR) is 58.6 cm³/mol. The Morgan fingerprint density at radius 3 is 2.20 bits per heavy atom. The zero-order valence-corrected chi connectivity index (χ0v) is 10.3. The van der Waals surface area contributed by atoms with Gasteiger partial charge in [-0.2, -0.15) is 0 Å². The van der Waals surface area contributed by atoms with Crippen molar-refractivity contribution in [3.05, 3.63) is 0 Å². The number of carbonyl (C=O) groups is 1. The number of hydrogen-bond donors (Lipinski definition) is 0. The Morgan fingerprint density at radius 2 is 1.80 bits per heavy atom. The molecule has 0 unspecified atom stereocenters. The maximum atomic E-state index is 11.9. The van der Waals surface area contributed by atoms with E-state index in [1.165, 1.54) is 0 Å². The molecule has 1 saturated heterocycles. The molecule has 3 nitrogen and oxygen atoms in total. The molecule has 0 N–H and O–H groups in total. The van der Waals surface area contributed by atoms with E-state index in [1.54, 1.807) is 0 Å². The highest BCUT2D eigenvalue weighted by Crippen LogP contribution is 2.43. The minimum Gasteiger partial charge on any atom is -0.347 e. The van der Waals surface area contributed by atoms with E-state index in [-0.39, 0.29) is 5.78 Å². The molecule has 0 aromatic rings. The minimum absolute atomic E-state index is 0.206. The van der Waals surface area contributed by atoms with E-state index < -0.39 is 11.2 Å². The molecule has 15 heavy (non-hydrogen) atoms. The molecule has 0 atom stereocenters. The number of hydrogen-bond acceptors (Lipinski definition) is 3. The van der Waals surface area contributed by atoms with Crippen molar-refractivity contribution in [1.29, 1.82) is 0 Å². The average molecular weight is 214 g/mol. The van der Waals surface area contributed by atoms with Gasteiger partial charge in [0, 0.05) is 12.8 Å². The first-order valence-electron chi connectivity index (χ1n) is 5.81. The van der Waals surface area contributed by atoms with E-state index in [9.17, 15) is 4.79 Å². The summed E-state index contributed by atoms with van der Waals surface area (Å²) in [5.74, 6) is -0.479. The van der Waals surface area contributed by atoms with E-state index in [2.05, 4.69) is 6.92 Å². The Labute approximate surface area is 92.1 Å². The van der Waals surface area contributed by atoms with Crippen LogP contribution >= 0.6 is 0 Å². The molecule has 0 amide bonds. The minimum atomic E-state index is -0.686. The lowest BCUT2D eigenvalue weighted by Crippen LogP contribution is -2.50. The molecule has 0 aliphatic carbocycles. The number of rotatable bonds is 5. The van der Waals surface area contributed by atoms with Crippen molar-refractivity contribution in [1.82, 2.24) is 0 Å². The Kier molecular flexibility index (Phi) is 3.90. The van der Waals surface area contributed by atoms with Gasteiger partial charge in [0.2, 0.25) is 0 Å². The van der Waals surface area contributed by atoms with Gasteiger partial charge in [-0.05, 0) is 13.8 Å². The number of Topliss-reactive ketones (excluding diaryl/α,β-unsaturated/α-hetero) is 1. The number of ketones is 1. The Morgan fingerprint density at radius 1 is 1.27 bits per heavy atom. The predicted octanol–water partition coefficient (Wildman–Crippen LogP) is 2.53. The SMILES string of the molecule is CCCC1(C(C)(C)C(=O)CC)OCCO1. The first kappa shape index (κ1) is 12.7. The standard InChI is InChI=1S/C12H22O3/c1-5-7-12(14-8-9-15-12)11(3,4)10(13)6-2/h5-9H2,1-4H3. The van der Waals surface area contributed by atoms with Crippen LogP contribution in [0.1, 0.15) is 47.0 Å². The zero-order valence-electron chi connectivity index (χ0n) is 10.3. The summed E-state index contributed by atoms with van der Waals surface area (Å²) in [6.07, 6.45) is 2.28. The van der Waals surface area contributed by atoms with Gasteiger partial charge < -0.3 is 9.47 Å².